The van der Waals surface area contributed by atoms with Gasteiger partial charge in [-0.25, -0.2) is 9.97 Å². The molecule has 1 saturated carbocycles. The van der Waals surface area contributed by atoms with Gasteiger partial charge in [-0.15, -0.1) is 10.2 Å². The molecule has 0 bridgehead atoms. The van der Waals surface area contributed by atoms with Crippen LogP contribution >= 0.6 is 11.3 Å². The molecular weight excluding hydrogens is 388 g/mol. The van der Waals surface area contributed by atoms with Gasteiger partial charge in [0.15, 0.2) is 0 Å². The van der Waals surface area contributed by atoms with Gasteiger partial charge in [0.25, 0.3) is 0 Å². The van der Waals surface area contributed by atoms with Crippen LogP contribution in [0, 0.1) is 0 Å². The van der Waals surface area contributed by atoms with Gasteiger partial charge in [-0.05, 0) is 30.9 Å². The molecular formula is C20H24N6O2S. The van der Waals surface area contributed by atoms with E-state index in [1.165, 1.54) is 32.1 Å². The van der Waals surface area contributed by atoms with Crippen molar-refractivity contribution in [2.24, 2.45) is 0 Å². The Hall–Kier alpha value is -2.81. The molecule has 0 radical (unpaired) electrons. The van der Waals surface area contributed by atoms with Crippen molar-refractivity contribution in [3.05, 3.63) is 52.1 Å². The quantitative estimate of drug-likeness (QED) is 0.611. The van der Waals surface area contributed by atoms with Crippen molar-refractivity contribution in [3.8, 4) is 0 Å². The van der Waals surface area contributed by atoms with Crippen molar-refractivity contribution in [2.45, 2.75) is 56.9 Å². The maximum absolute atomic E-state index is 11.8. The molecule has 3 heterocycles. The third-order valence-electron chi connectivity index (χ3n) is 5.35. The summed E-state index contributed by atoms with van der Waals surface area (Å²) in [6.45, 7) is 0.549. The summed E-state index contributed by atoms with van der Waals surface area (Å²) in [6.07, 6.45) is 11.6. The van der Waals surface area contributed by atoms with Gasteiger partial charge in [0.2, 0.25) is 0 Å². The number of pyridine rings is 1. The molecule has 0 aliphatic heterocycles. The van der Waals surface area contributed by atoms with Gasteiger partial charge < -0.3 is 15.4 Å². The van der Waals surface area contributed by atoms with Crippen LogP contribution in [-0.2, 0) is 17.8 Å². The molecule has 3 N–H and O–H groups in total. The van der Waals surface area contributed by atoms with E-state index in [9.17, 15) is 9.90 Å². The van der Waals surface area contributed by atoms with Crippen molar-refractivity contribution in [3.63, 3.8) is 0 Å². The zero-order valence-corrected chi connectivity index (χ0v) is 16.9. The van der Waals surface area contributed by atoms with Crippen LogP contribution in [-0.4, -0.2) is 35.8 Å². The molecule has 8 nitrogen and oxygen atoms in total. The lowest BCUT2D eigenvalue weighted by Crippen LogP contribution is -2.15. The highest BCUT2D eigenvalue weighted by Gasteiger charge is 2.24. The summed E-state index contributed by atoms with van der Waals surface area (Å²) in [6, 6.07) is 3.47. The van der Waals surface area contributed by atoms with Crippen molar-refractivity contribution >= 4 is 23.1 Å². The van der Waals surface area contributed by atoms with Crippen LogP contribution in [0.1, 0.15) is 65.2 Å². The molecule has 1 aliphatic carbocycles. The number of nitrogens with zero attached hydrogens (tertiary/aromatic N) is 5. The van der Waals surface area contributed by atoms with E-state index in [2.05, 4.69) is 20.2 Å². The fraction of sp³-hybridized carbons (Fsp3) is 0.450. The first-order valence-electron chi connectivity index (χ1n) is 9.85. The number of aliphatic carboxylic acids is 1. The largest absolute Gasteiger partial charge is 0.481 e. The predicted octanol–water partition coefficient (Wildman–Crippen LogP) is 3.22. The fourth-order valence-corrected chi connectivity index (χ4v) is 4.78. The molecule has 29 heavy (non-hydrogen) atoms. The molecule has 4 rings (SSSR count). The number of aromatic nitrogens is 5. The number of nitrogens with two attached hydrogens (primary N) is 1. The molecule has 0 spiro atoms. The average molecular weight is 413 g/mol. The Morgan fingerprint density at radius 2 is 2.07 bits per heavy atom. The van der Waals surface area contributed by atoms with Crippen LogP contribution in [0.4, 0.5) is 5.82 Å². The Balaban J connectivity index is 1.44. The lowest BCUT2D eigenvalue weighted by molar-refractivity contribution is -0.138. The average Bonchev–Trinajstić information content (AvgIpc) is 3.38. The number of imidazole rings is 1. The molecule has 0 aromatic carbocycles. The maximum Gasteiger partial charge on any atom is 0.312 e. The van der Waals surface area contributed by atoms with E-state index in [0.29, 0.717) is 30.4 Å². The Morgan fingerprint density at radius 1 is 1.24 bits per heavy atom. The van der Waals surface area contributed by atoms with E-state index in [-0.39, 0.29) is 0 Å². The topological polar surface area (TPSA) is 120 Å². The zero-order valence-electron chi connectivity index (χ0n) is 16.1. The lowest BCUT2D eigenvalue weighted by atomic mass is 9.90. The van der Waals surface area contributed by atoms with Crippen molar-refractivity contribution < 1.29 is 9.90 Å². The van der Waals surface area contributed by atoms with E-state index in [1.54, 1.807) is 42.2 Å². The highest BCUT2D eigenvalue weighted by Crippen LogP contribution is 2.34. The first kappa shape index (κ1) is 19.5. The molecule has 1 atom stereocenters. The second-order valence-corrected chi connectivity index (χ2v) is 8.62. The van der Waals surface area contributed by atoms with Gasteiger partial charge in [0.1, 0.15) is 21.8 Å². The molecule has 152 valence electrons. The van der Waals surface area contributed by atoms with Crippen LogP contribution in [0.3, 0.4) is 0 Å². The predicted molar refractivity (Wildman–Crippen MR) is 110 cm³/mol. The van der Waals surface area contributed by atoms with Crippen LogP contribution < -0.4 is 5.73 Å². The maximum atomic E-state index is 11.8. The molecule has 0 amide bonds. The number of anilines is 1. The third-order valence-corrected chi connectivity index (χ3v) is 6.42. The number of carboxylic acid groups (broad SMARTS) is 1. The van der Waals surface area contributed by atoms with Crippen LogP contribution in [0.25, 0.3) is 0 Å². The molecule has 3 aromatic rings. The monoisotopic (exact) mass is 412 g/mol. The molecule has 3 aromatic heterocycles. The normalized spacial score (nSPS) is 16.0. The van der Waals surface area contributed by atoms with Gasteiger partial charge in [-0.3, -0.25) is 4.79 Å². The van der Waals surface area contributed by atoms with Gasteiger partial charge in [0, 0.05) is 18.3 Å². The summed E-state index contributed by atoms with van der Waals surface area (Å²) in [5.41, 5.74) is 6.93. The van der Waals surface area contributed by atoms with E-state index in [4.69, 9.17) is 5.73 Å². The Kier molecular flexibility index (Phi) is 5.84. The minimum atomic E-state index is -0.914. The third kappa shape index (κ3) is 4.79. The van der Waals surface area contributed by atoms with E-state index in [0.717, 1.165) is 15.6 Å². The number of hydrogen-bond donors (Lipinski definition) is 2. The summed E-state index contributed by atoms with van der Waals surface area (Å²) in [7, 11) is 0. The van der Waals surface area contributed by atoms with E-state index in [1.807, 2.05) is 4.57 Å². The summed E-state index contributed by atoms with van der Waals surface area (Å²) < 4.78 is 1.87. The highest BCUT2D eigenvalue weighted by molar-refractivity contribution is 7.11. The number of carbonyl (C=O) groups is 1. The number of nitrogen functional groups attached to an aromatic ring is 1. The molecule has 1 fully saturated rings. The van der Waals surface area contributed by atoms with E-state index < -0.39 is 11.9 Å². The smallest absolute Gasteiger partial charge is 0.312 e. The lowest BCUT2D eigenvalue weighted by Gasteiger charge is -2.18. The summed E-state index contributed by atoms with van der Waals surface area (Å²) in [4.78, 5) is 20.2. The molecule has 1 unspecified atom stereocenters. The van der Waals surface area contributed by atoms with Gasteiger partial charge in [0.05, 0.1) is 18.6 Å². The minimum absolute atomic E-state index is 0.310. The number of carboxylic acids is 1. The SMILES string of the molecule is Nc1ccc(CC(C(=O)O)c2cn(Cc3nnc(C4CCCCC4)s3)cn2)cn1. The second kappa shape index (κ2) is 8.69. The van der Waals surface area contributed by atoms with Gasteiger partial charge in [-0.2, -0.15) is 0 Å². The van der Waals surface area contributed by atoms with Gasteiger partial charge in [-0.1, -0.05) is 36.7 Å². The molecule has 1 aliphatic rings. The van der Waals surface area contributed by atoms with Crippen LogP contribution in [0.5, 0.6) is 0 Å². The Morgan fingerprint density at radius 3 is 2.79 bits per heavy atom. The standard InChI is InChI=1S/C20H24N6O2S/c21-17-7-6-13(9-22-17)8-15(20(27)28)16-10-26(12-23-16)11-18-24-25-19(29-18)14-4-2-1-3-5-14/h6-7,9-10,12,14-15H,1-5,8,11H2,(H2,21,22)(H,27,28). The van der Waals surface area contributed by atoms with Crippen molar-refractivity contribution in [2.75, 3.05) is 5.73 Å². The first-order valence-corrected chi connectivity index (χ1v) is 10.7. The van der Waals surface area contributed by atoms with Crippen molar-refractivity contribution in [1.82, 2.24) is 24.7 Å². The van der Waals surface area contributed by atoms with Crippen LogP contribution in [0.15, 0.2) is 30.9 Å². The number of rotatable bonds is 7. The summed E-state index contributed by atoms with van der Waals surface area (Å²) >= 11 is 1.65. The minimum Gasteiger partial charge on any atom is -0.481 e. The second-order valence-electron chi connectivity index (χ2n) is 7.53. The van der Waals surface area contributed by atoms with E-state index >= 15 is 0 Å². The summed E-state index contributed by atoms with van der Waals surface area (Å²) in [5, 5.41) is 20.4. The molecule has 0 saturated heterocycles. The zero-order chi connectivity index (χ0) is 20.2. The van der Waals surface area contributed by atoms with Crippen LogP contribution in [0.2, 0.25) is 0 Å². The highest BCUT2D eigenvalue weighted by atomic mass is 32.1. The van der Waals surface area contributed by atoms with Gasteiger partial charge >= 0.3 is 5.97 Å². The summed E-state index contributed by atoms with van der Waals surface area (Å²) in [5.74, 6) is -0.704. The Bertz CT molecular complexity index is 962. The van der Waals surface area contributed by atoms with Crippen molar-refractivity contribution in [1.29, 1.82) is 0 Å². The molecule has 9 heteroatoms. The Labute approximate surface area is 172 Å². The number of hydrogen-bond acceptors (Lipinski definition) is 7. The fourth-order valence-electron chi connectivity index (χ4n) is 3.76. The first-order chi connectivity index (χ1) is 14.1.